The van der Waals surface area contributed by atoms with Crippen molar-refractivity contribution in [2.24, 2.45) is 0 Å². The van der Waals surface area contributed by atoms with Gasteiger partial charge in [0.15, 0.2) is 4.51 Å². The average Bonchev–Trinajstić information content (AvgIpc) is 1.85. The molecule has 0 aliphatic heterocycles. The maximum atomic E-state index is 10.7. The third-order valence-corrected chi connectivity index (χ3v) is 2.88. The fourth-order valence-corrected chi connectivity index (χ4v) is 2.23. The zero-order valence-corrected chi connectivity index (χ0v) is 8.32. The van der Waals surface area contributed by atoms with E-state index in [1.807, 2.05) is 0 Å². The van der Waals surface area contributed by atoms with Gasteiger partial charge in [0.05, 0.1) is 0 Å². The van der Waals surface area contributed by atoms with Crippen LogP contribution in [-0.2, 0) is 9.53 Å². The van der Waals surface area contributed by atoms with Gasteiger partial charge in [0.2, 0.25) is 0 Å². The van der Waals surface area contributed by atoms with Crippen molar-refractivity contribution in [1.82, 2.24) is 0 Å². The van der Waals surface area contributed by atoms with Gasteiger partial charge in [-0.1, -0.05) is 6.42 Å². The Labute approximate surface area is 75.4 Å². The molecule has 1 rings (SSSR count). The second-order valence-electron chi connectivity index (χ2n) is 3.04. The smallest absolute Gasteiger partial charge is 0.304 e. The van der Waals surface area contributed by atoms with E-state index in [9.17, 15) is 4.79 Å². The van der Waals surface area contributed by atoms with Crippen LogP contribution in [0.15, 0.2) is 0 Å². The molecular weight excluding hydrogens is 208 g/mol. The zero-order chi connectivity index (χ0) is 8.32. The first kappa shape index (κ1) is 9.04. The molecule has 0 unspecified atom stereocenters. The maximum Gasteiger partial charge on any atom is 0.304 e. The normalized spacial score (nSPS) is 22.7. The number of carbonyl (C=O) groups is 1. The van der Waals surface area contributed by atoms with Crippen LogP contribution in [0.1, 0.15) is 39.0 Å². The van der Waals surface area contributed by atoms with E-state index in [0.717, 1.165) is 25.7 Å². The van der Waals surface area contributed by atoms with Crippen molar-refractivity contribution in [3.63, 3.8) is 0 Å². The Morgan fingerprint density at radius 3 is 2.36 bits per heavy atom. The topological polar surface area (TPSA) is 26.3 Å². The number of alkyl halides is 1. The number of rotatable bonds is 1. The Hall–Kier alpha value is -0.0500. The molecule has 0 spiro atoms. The quantitative estimate of drug-likeness (QED) is 0.502. The highest BCUT2D eigenvalue weighted by Crippen LogP contribution is 2.36. The van der Waals surface area contributed by atoms with Crippen molar-refractivity contribution >= 4 is 21.9 Å². The summed E-state index contributed by atoms with van der Waals surface area (Å²) in [6.45, 7) is 1.46. The predicted molar refractivity (Wildman–Crippen MR) is 46.5 cm³/mol. The predicted octanol–water partition coefficient (Wildman–Crippen LogP) is 2.60. The summed E-state index contributed by atoms with van der Waals surface area (Å²) in [5.41, 5.74) is 0. The minimum Gasteiger partial charge on any atom is -0.448 e. The summed E-state index contributed by atoms with van der Waals surface area (Å²) in [4.78, 5) is 10.7. The Bertz CT molecular complexity index is 150. The van der Waals surface area contributed by atoms with Crippen LogP contribution in [0.25, 0.3) is 0 Å². The SMILES string of the molecule is CC(=O)OC1(Br)CCCCC1. The van der Waals surface area contributed by atoms with Gasteiger partial charge in [0.1, 0.15) is 0 Å². The van der Waals surface area contributed by atoms with Gasteiger partial charge in [-0.2, -0.15) is 0 Å². The summed E-state index contributed by atoms with van der Waals surface area (Å²) in [5, 5.41) is 0. The maximum absolute atomic E-state index is 10.7. The van der Waals surface area contributed by atoms with Gasteiger partial charge in [0.25, 0.3) is 0 Å². The third-order valence-electron chi connectivity index (χ3n) is 1.93. The summed E-state index contributed by atoms with van der Waals surface area (Å²) in [6.07, 6.45) is 5.46. The highest BCUT2D eigenvalue weighted by Gasteiger charge is 2.31. The molecule has 0 saturated heterocycles. The molecule has 64 valence electrons. The van der Waals surface area contributed by atoms with Crippen molar-refractivity contribution in [3.05, 3.63) is 0 Å². The van der Waals surface area contributed by atoms with E-state index < -0.39 is 0 Å². The molecular formula is C8H13BrO2. The lowest BCUT2D eigenvalue weighted by atomic mass is 9.97. The summed E-state index contributed by atoms with van der Waals surface area (Å²) >= 11 is 3.45. The Balaban J connectivity index is 2.43. The van der Waals surface area contributed by atoms with Crippen LogP contribution in [0.4, 0.5) is 0 Å². The first-order valence-electron chi connectivity index (χ1n) is 4.01. The molecule has 0 N–H and O–H groups in total. The van der Waals surface area contributed by atoms with Crippen LogP contribution < -0.4 is 0 Å². The van der Waals surface area contributed by atoms with E-state index in [4.69, 9.17) is 4.74 Å². The lowest BCUT2D eigenvalue weighted by Gasteiger charge is -2.30. The second-order valence-corrected chi connectivity index (χ2v) is 4.48. The van der Waals surface area contributed by atoms with Crippen molar-refractivity contribution in [2.75, 3.05) is 0 Å². The monoisotopic (exact) mass is 220 g/mol. The lowest BCUT2D eigenvalue weighted by Crippen LogP contribution is -2.29. The Morgan fingerprint density at radius 1 is 1.36 bits per heavy atom. The summed E-state index contributed by atoms with van der Waals surface area (Å²) < 4.78 is 4.82. The fourth-order valence-electron chi connectivity index (χ4n) is 1.44. The van der Waals surface area contributed by atoms with Crippen molar-refractivity contribution in [1.29, 1.82) is 0 Å². The van der Waals surface area contributed by atoms with Crippen LogP contribution in [0, 0.1) is 0 Å². The van der Waals surface area contributed by atoms with Crippen molar-refractivity contribution in [2.45, 2.75) is 43.5 Å². The van der Waals surface area contributed by atoms with E-state index in [-0.39, 0.29) is 10.5 Å². The van der Waals surface area contributed by atoms with Crippen LogP contribution in [0.3, 0.4) is 0 Å². The summed E-state index contributed by atoms with van der Waals surface area (Å²) in [7, 11) is 0. The Kier molecular flexibility index (Phi) is 2.93. The molecule has 1 saturated carbocycles. The van der Waals surface area contributed by atoms with Gasteiger partial charge < -0.3 is 4.74 Å². The van der Waals surface area contributed by atoms with E-state index in [1.165, 1.54) is 13.3 Å². The van der Waals surface area contributed by atoms with E-state index in [1.54, 1.807) is 0 Å². The molecule has 0 amide bonds. The van der Waals surface area contributed by atoms with Gasteiger partial charge in [-0.3, -0.25) is 4.79 Å². The number of carbonyl (C=O) groups excluding carboxylic acids is 1. The molecule has 1 aliphatic rings. The molecule has 0 aromatic rings. The highest BCUT2D eigenvalue weighted by molar-refractivity contribution is 9.10. The highest BCUT2D eigenvalue weighted by atomic mass is 79.9. The van der Waals surface area contributed by atoms with E-state index in [2.05, 4.69) is 15.9 Å². The molecule has 0 atom stereocenters. The molecule has 2 nitrogen and oxygen atoms in total. The number of halogens is 1. The largest absolute Gasteiger partial charge is 0.448 e. The molecule has 0 heterocycles. The third kappa shape index (κ3) is 2.81. The molecule has 0 aromatic carbocycles. The van der Waals surface area contributed by atoms with Gasteiger partial charge in [-0.15, -0.1) is 0 Å². The standard InChI is InChI=1S/C8H13BrO2/c1-7(10)11-8(9)5-3-2-4-6-8/h2-6H2,1H3. The molecule has 1 aliphatic carbocycles. The first-order chi connectivity index (χ1) is 5.12. The fraction of sp³-hybridized carbons (Fsp3) is 0.875. The van der Waals surface area contributed by atoms with Crippen molar-refractivity contribution < 1.29 is 9.53 Å². The summed E-state index contributed by atoms with van der Waals surface area (Å²) in [6, 6.07) is 0. The zero-order valence-electron chi connectivity index (χ0n) is 6.73. The molecule has 3 heteroatoms. The average molecular weight is 221 g/mol. The van der Waals surface area contributed by atoms with Crippen LogP contribution >= 0.6 is 15.9 Å². The summed E-state index contributed by atoms with van der Waals surface area (Å²) in [5.74, 6) is -0.191. The number of hydrogen-bond acceptors (Lipinski definition) is 2. The molecule has 0 radical (unpaired) electrons. The molecule has 1 fully saturated rings. The van der Waals surface area contributed by atoms with Gasteiger partial charge in [0, 0.05) is 6.92 Å². The lowest BCUT2D eigenvalue weighted by molar-refractivity contribution is -0.149. The molecule has 11 heavy (non-hydrogen) atoms. The number of ether oxygens (including phenoxy) is 1. The van der Waals surface area contributed by atoms with Gasteiger partial charge >= 0.3 is 5.97 Å². The molecule has 0 aromatic heterocycles. The minimum atomic E-state index is -0.336. The first-order valence-corrected chi connectivity index (χ1v) is 4.80. The Morgan fingerprint density at radius 2 is 1.91 bits per heavy atom. The molecule has 0 bridgehead atoms. The minimum absolute atomic E-state index is 0.191. The number of esters is 1. The van der Waals surface area contributed by atoms with Crippen LogP contribution in [-0.4, -0.2) is 10.5 Å². The van der Waals surface area contributed by atoms with Crippen LogP contribution in [0.5, 0.6) is 0 Å². The number of hydrogen-bond donors (Lipinski definition) is 0. The van der Waals surface area contributed by atoms with Gasteiger partial charge in [-0.05, 0) is 41.6 Å². The van der Waals surface area contributed by atoms with E-state index >= 15 is 0 Å². The van der Waals surface area contributed by atoms with Gasteiger partial charge in [-0.25, -0.2) is 0 Å². The van der Waals surface area contributed by atoms with E-state index in [0.29, 0.717) is 0 Å². The van der Waals surface area contributed by atoms with Crippen LogP contribution in [0.2, 0.25) is 0 Å². The van der Waals surface area contributed by atoms with Crippen molar-refractivity contribution in [3.8, 4) is 0 Å². The second kappa shape index (κ2) is 3.57.